The Balaban J connectivity index is 1.70. The molecule has 0 bridgehead atoms. The molecule has 1 aromatic carbocycles. The predicted octanol–water partition coefficient (Wildman–Crippen LogP) is 1.32. The molecule has 118 valence electrons. The highest BCUT2D eigenvalue weighted by Gasteiger charge is 2.70. The van der Waals surface area contributed by atoms with Gasteiger partial charge in [0.1, 0.15) is 12.1 Å². The highest BCUT2D eigenvalue weighted by molar-refractivity contribution is 5.90. The highest BCUT2D eigenvalue weighted by Crippen LogP contribution is 2.55. The molecule has 3 atom stereocenters. The topological polar surface area (TPSA) is 76.1 Å². The van der Waals surface area contributed by atoms with Crippen molar-refractivity contribution in [2.45, 2.75) is 31.1 Å². The Hall–Kier alpha value is -2.08. The van der Waals surface area contributed by atoms with Crippen LogP contribution in [0.4, 0.5) is 4.79 Å². The zero-order valence-electron chi connectivity index (χ0n) is 12.4. The summed E-state index contributed by atoms with van der Waals surface area (Å²) in [5, 5.41) is 9.95. The number of hydrogen-bond donors (Lipinski definition) is 1. The molecule has 1 aromatic rings. The van der Waals surface area contributed by atoms with Crippen LogP contribution in [-0.2, 0) is 20.9 Å². The van der Waals surface area contributed by atoms with Gasteiger partial charge in [0.25, 0.3) is 0 Å². The van der Waals surface area contributed by atoms with Crippen LogP contribution in [0.25, 0.3) is 0 Å². The summed E-state index contributed by atoms with van der Waals surface area (Å²) in [7, 11) is 1.29. The van der Waals surface area contributed by atoms with Gasteiger partial charge in [-0.2, -0.15) is 0 Å². The summed E-state index contributed by atoms with van der Waals surface area (Å²) in [5.41, 5.74) is -0.160. The molecule has 1 aliphatic carbocycles. The normalized spacial score (nSPS) is 29.5. The summed E-state index contributed by atoms with van der Waals surface area (Å²) in [5.74, 6) is -0.731. The Labute approximate surface area is 128 Å². The first-order chi connectivity index (χ1) is 10.6. The van der Waals surface area contributed by atoms with Gasteiger partial charge < -0.3 is 14.6 Å². The smallest absolute Gasteiger partial charge is 0.411 e. The van der Waals surface area contributed by atoms with Crippen molar-refractivity contribution in [2.24, 2.45) is 5.92 Å². The fraction of sp³-hybridized carbons (Fsp3) is 0.500. The Kier molecular flexibility index (Phi) is 3.78. The number of aliphatic hydroxyl groups is 1. The zero-order chi connectivity index (χ0) is 15.7. The average molecular weight is 305 g/mol. The van der Waals surface area contributed by atoms with Crippen molar-refractivity contribution >= 4 is 12.1 Å². The largest absolute Gasteiger partial charge is 0.467 e. The van der Waals surface area contributed by atoms with Gasteiger partial charge in [-0.1, -0.05) is 30.3 Å². The first kappa shape index (κ1) is 14.8. The van der Waals surface area contributed by atoms with Crippen LogP contribution in [-0.4, -0.2) is 47.4 Å². The predicted molar refractivity (Wildman–Crippen MR) is 76.8 cm³/mol. The van der Waals surface area contributed by atoms with Crippen LogP contribution in [0.1, 0.15) is 18.4 Å². The molecule has 1 heterocycles. The third kappa shape index (κ3) is 2.33. The van der Waals surface area contributed by atoms with Gasteiger partial charge in [0, 0.05) is 12.5 Å². The number of carbonyl (C=O) groups excluding carboxylic acids is 2. The fourth-order valence-corrected chi connectivity index (χ4v) is 3.28. The molecule has 1 aliphatic heterocycles. The number of carbonyl (C=O) groups is 2. The number of methoxy groups -OCH3 is 1. The molecule has 0 unspecified atom stereocenters. The van der Waals surface area contributed by atoms with Crippen molar-refractivity contribution in [3.8, 4) is 0 Å². The summed E-state index contributed by atoms with van der Waals surface area (Å²) >= 11 is 0. The molecule has 2 aliphatic rings. The van der Waals surface area contributed by atoms with Gasteiger partial charge >= 0.3 is 12.1 Å². The zero-order valence-corrected chi connectivity index (χ0v) is 12.4. The van der Waals surface area contributed by atoms with Gasteiger partial charge in [-0.05, 0) is 18.4 Å². The fourth-order valence-electron chi connectivity index (χ4n) is 3.28. The molecule has 1 amide bonds. The lowest BCUT2D eigenvalue weighted by Crippen LogP contribution is -2.54. The molecule has 3 rings (SSSR count). The molecular weight excluding hydrogens is 286 g/mol. The Morgan fingerprint density at radius 3 is 2.77 bits per heavy atom. The third-order valence-corrected chi connectivity index (χ3v) is 4.54. The number of piperidine rings is 1. The molecule has 0 aromatic heterocycles. The van der Waals surface area contributed by atoms with Crippen molar-refractivity contribution in [1.29, 1.82) is 0 Å². The second kappa shape index (κ2) is 5.61. The number of likely N-dealkylation sites (tertiary alicyclic amines) is 1. The van der Waals surface area contributed by atoms with E-state index < -0.39 is 23.7 Å². The summed E-state index contributed by atoms with van der Waals surface area (Å²) in [6.07, 6.45) is -0.230. The molecule has 2 fully saturated rings. The lowest BCUT2D eigenvalue weighted by atomic mass is 10.00. The van der Waals surface area contributed by atoms with E-state index >= 15 is 0 Å². The number of ether oxygens (including phenoxy) is 2. The second-order valence-electron chi connectivity index (χ2n) is 5.77. The van der Waals surface area contributed by atoms with Crippen LogP contribution in [0.3, 0.4) is 0 Å². The SMILES string of the molecule is COC(=O)[C@@]12C[C@@H]1[C@@H](O)CCN2C(=O)OCc1ccccc1. The standard InChI is InChI=1S/C16H19NO5/c1-21-14(19)16-9-12(16)13(18)7-8-17(16)15(20)22-10-11-5-3-2-4-6-11/h2-6,12-13,18H,7-10H2,1H3/t12-,13+,16-/m1/s1. The molecule has 0 radical (unpaired) electrons. The number of amides is 1. The Morgan fingerprint density at radius 1 is 1.36 bits per heavy atom. The minimum absolute atomic E-state index is 0.153. The maximum atomic E-state index is 12.4. The molecule has 1 saturated carbocycles. The average Bonchev–Trinajstić information content (AvgIpc) is 3.31. The maximum Gasteiger partial charge on any atom is 0.411 e. The minimum atomic E-state index is -1.04. The Morgan fingerprint density at radius 2 is 2.09 bits per heavy atom. The quantitative estimate of drug-likeness (QED) is 0.852. The number of hydrogen-bond acceptors (Lipinski definition) is 5. The maximum absolute atomic E-state index is 12.4. The van der Waals surface area contributed by atoms with E-state index in [9.17, 15) is 14.7 Å². The van der Waals surface area contributed by atoms with E-state index in [1.54, 1.807) is 0 Å². The van der Waals surface area contributed by atoms with Gasteiger partial charge in [0.05, 0.1) is 13.2 Å². The van der Waals surface area contributed by atoms with E-state index in [0.29, 0.717) is 19.4 Å². The van der Waals surface area contributed by atoms with E-state index in [1.165, 1.54) is 12.0 Å². The molecule has 1 N–H and O–H groups in total. The van der Waals surface area contributed by atoms with Crippen molar-refractivity contribution in [1.82, 2.24) is 4.90 Å². The molecule has 1 saturated heterocycles. The van der Waals surface area contributed by atoms with Crippen molar-refractivity contribution in [3.05, 3.63) is 35.9 Å². The van der Waals surface area contributed by atoms with Crippen LogP contribution in [0.5, 0.6) is 0 Å². The summed E-state index contributed by atoms with van der Waals surface area (Å²) in [4.78, 5) is 25.9. The van der Waals surface area contributed by atoms with Gasteiger partial charge in [-0.15, -0.1) is 0 Å². The Bertz CT molecular complexity index is 575. The van der Waals surface area contributed by atoms with Gasteiger partial charge in [0.15, 0.2) is 0 Å². The van der Waals surface area contributed by atoms with Crippen molar-refractivity contribution < 1.29 is 24.2 Å². The van der Waals surface area contributed by atoms with E-state index in [-0.39, 0.29) is 12.5 Å². The number of rotatable bonds is 3. The molecule has 6 heteroatoms. The lowest BCUT2D eigenvalue weighted by molar-refractivity contribution is -0.151. The highest BCUT2D eigenvalue weighted by atomic mass is 16.6. The first-order valence-electron chi connectivity index (χ1n) is 7.34. The van der Waals surface area contributed by atoms with E-state index in [1.807, 2.05) is 30.3 Å². The van der Waals surface area contributed by atoms with Gasteiger partial charge in [-0.25, -0.2) is 9.59 Å². The van der Waals surface area contributed by atoms with Crippen molar-refractivity contribution in [3.63, 3.8) is 0 Å². The van der Waals surface area contributed by atoms with Crippen LogP contribution < -0.4 is 0 Å². The molecule has 6 nitrogen and oxygen atoms in total. The van der Waals surface area contributed by atoms with E-state index in [0.717, 1.165) is 5.56 Å². The number of benzene rings is 1. The number of esters is 1. The third-order valence-electron chi connectivity index (χ3n) is 4.54. The monoisotopic (exact) mass is 305 g/mol. The number of nitrogens with zero attached hydrogens (tertiary/aromatic N) is 1. The number of aliphatic hydroxyl groups excluding tert-OH is 1. The van der Waals surface area contributed by atoms with E-state index in [2.05, 4.69) is 0 Å². The van der Waals surface area contributed by atoms with Gasteiger partial charge in [-0.3, -0.25) is 4.90 Å². The van der Waals surface area contributed by atoms with Crippen LogP contribution in [0, 0.1) is 5.92 Å². The summed E-state index contributed by atoms with van der Waals surface area (Å²) in [6.45, 7) is 0.445. The second-order valence-corrected chi connectivity index (χ2v) is 5.77. The molecular formula is C16H19NO5. The molecule has 22 heavy (non-hydrogen) atoms. The lowest BCUT2D eigenvalue weighted by Gasteiger charge is -2.35. The first-order valence-corrected chi connectivity index (χ1v) is 7.34. The van der Waals surface area contributed by atoms with E-state index in [4.69, 9.17) is 9.47 Å². The van der Waals surface area contributed by atoms with Crippen LogP contribution in [0.15, 0.2) is 30.3 Å². The summed E-state index contributed by atoms with van der Waals surface area (Å²) in [6, 6.07) is 9.35. The number of fused-ring (bicyclic) bond motifs is 1. The summed E-state index contributed by atoms with van der Waals surface area (Å²) < 4.78 is 10.1. The minimum Gasteiger partial charge on any atom is -0.467 e. The van der Waals surface area contributed by atoms with Crippen LogP contribution in [0.2, 0.25) is 0 Å². The van der Waals surface area contributed by atoms with Crippen LogP contribution >= 0.6 is 0 Å². The van der Waals surface area contributed by atoms with Crippen molar-refractivity contribution in [2.75, 3.05) is 13.7 Å². The van der Waals surface area contributed by atoms with Gasteiger partial charge in [0.2, 0.25) is 0 Å². The molecule has 0 spiro atoms.